The molecule has 0 aliphatic carbocycles. The van der Waals surface area contributed by atoms with E-state index in [1.165, 1.54) is 16.0 Å². The molecule has 1 aromatic carbocycles. The van der Waals surface area contributed by atoms with E-state index in [0.29, 0.717) is 0 Å². The van der Waals surface area contributed by atoms with E-state index in [1.54, 1.807) is 11.3 Å². The molecule has 0 saturated carbocycles. The van der Waals surface area contributed by atoms with Gasteiger partial charge in [0.25, 0.3) is 0 Å². The fraction of sp³-hybridized carbons (Fsp3) is 0.471. The highest BCUT2D eigenvalue weighted by Crippen LogP contribution is 2.28. The zero-order valence-corrected chi connectivity index (χ0v) is 13.9. The Hall–Kier alpha value is -1.27. The summed E-state index contributed by atoms with van der Waals surface area (Å²) in [5.74, 6) is 0. The Morgan fingerprint density at radius 2 is 2.36 bits per heavy atom. The molecular weight excluding hydrogens is 294 g/mol. The summed E-state index contributed by atoms with van der Waals surface area (Å²) < 4.78 is 0. The van der Waals surface area contributed by atoms with Gasteiger partial charge in [-0.25, -0.2) is 4.98 Å². The molecule has 0 spiro atoms. The van der Waals surface area contributed by atoms with Gasteiger partial charge in [0.05, 0.1) is 16.0 Å². The van der Waals surface area contributed by atoms with Crippen LogP contribution in [-0.2, 0) is 0 Å². The minimum atomic E-state index is -0.163. The SMILES string of the molecule is CN[C@H](CN1CC[C@H](O)C1)c1cccc(-c2cnc(C)s2)c1. The summed E-state index contributed by atoms with van der Waals surface area (Å²) in [6.07, 6.45) is 2.67. The minimum absolute atomic E-state index is 0.163. The molecule has 5 heteroatoms. The Balaban J connectivity index is 1.77. The van der Waals surface area contributed by atoms with Crippen LogP contribution >= 0.6 is 11.3 Å². The predicted octanol–water partition coefficient (Wildman–Crippen LogP) is 2.45. The predicted molar refractivity (Wildman–Crippen MR) is 91.2 cm³/mol. The number of β-amino-alcohol motifs (C(OH)–C–C–N with tert-alkyl or cyclic N) is 1. The van der Waals surface area contributed by atoms with Crippen molar-refractivity contribution >= 4 is 11.3 Å². The topological polar surface area (TPSA) is 48.4 Å². The third-order valence-electron chi connectivity index (χ3n) is 4.23. The Labute approximate surface area is 135 Å². The first-order chi connectivity index (χ1) is 10.7. The summed E-state index contributed by atoms with van der Waals surface area (Å²) in [5, 5.41) is 14.2. The summed E-state index contributed by atoms with van der Waals surface area (Å²) in [7, 11) is 2.00. The third kappa shape index (κ3) is 3.55. The lowest BCUT2D eigenvalue weighted by Crippen LogP contribution is -2.33. The quantitative estimate of drug-likeness (QED) is 0.889. The molecule has 1 aliphatic rings. The minimum Gasteiger partial charge on any atom is -0.392 e. The zero-order chi connectivity index (χ0) is 15.5. The van der Waals surface area contributed by atoms with Crippen LogP contribution in [0.2, 0.25) is 0 Å². The van der Waals surface area contributed by atoms with E-state index in [4.69, 9.17) is 0 Å². The Morgan fingerprint density at radius 1 is 1.50 bits per heavy atom. The van der Waals surface area contributed by atoms with E-state index in [0.717, 1.165) is 31.1 Å². The molecule has 2 aromatic rings. The second-order valence-electron chi connectivity index (χ2n) is 5.91. The van der Waals surface area contributed by atoms with Crippen molar-refractivity contribution in [3.05, 3.63) is 41.0 Å². The summed E-state index contributed by atoms with van der Waals surface area (Å²) >= 11 is 1.73. The van der Waals surface area contributed by atoms with E-state index in [9.17, 15) is 5.11 Å². The van der Waals surface area contributed by atoms with Crippen molar-refractivity contribution in [1.29, 1.82) is 0 Å². The molecule has 0 radical (unpaired) electrons. The van der Waals surface area contributed by atoms with E-state index in [1.807, 2.05) is 20.2 Å². The van der Waals surface area contributed by atoms with Gasteiger partial charge in [0.15, 0.2) is 0 Å². The number of rotatable bonds is 5. The molecule has 2 heterocycles. The summed E-state index contributed by atoms with van der Waals surface area (Å²) in [6.45, 7) is 4.73. The first-order valence-corrected chi connectivity index (χ1v) is 8.58. The summed E-state index contributed by atoms with van der Waals surface area (Å²) in [6, 6.07) is 8.96. The largest absolute Gasteiger partial charge is 0.392 e. The molecule has 118 valence electrons. The second-order valence-corrected chi connectivity index (χ2v) is 7.15. The van der Waals surface area contributed by atoms with Gasteiger partial charge < -0.3 is 10.4 Å². The zero-order valence-electron chi connectivity index (χ0n) is 13.1. The van der Waals surface area contributed by atoms with Crippen LogP contribution in [0.5, 0.6) is 0 Å². The number of thiazole rings is 1. The number of likely N-dealkylation sites (tertiary alicyclic amines) is 1. The van der Waals surface area contributed by atoms with Gasteiger partial charge in [-0.05, 0) is 37.6 Å². The first kappa shape index (κ1) is 15.6. The van der Waals surface area contributed by atoms with Gasteiger partial charge in [-0.3, -0.25) is 4.90 Å². The van der Waals surface area contributed by atoms with Crippen molar-refractivity contribution in [2.24, 2.45) is 0 Å². The van der Waals surface area contributed by atoms with Crippen LogP contribution in [0.25, 0.3) is 10.4 Å². The lowest BCUT2D eigenvalue weighted by atomic mass is 10.0. The number of likely N-dealkylation sites (N-methyl/N-ethyl adjacent to an activating group) is 1. The number of nitrogens with zero attached hydrogens (tertiary/aromatic N) is 2. The number of hydrogen-bond donors (Lipinski definition) is 2. The molecule has 0 unspecified atom stereocenters. The van der Waals surface area contributed by atoms with Gasteiger partial charge in [0.1, 0.15) is 0 Å². The van der Waals surface area contributed by atoms with Crippen LogP contribution in [0.4, 0.5) is 0 Å². The fourth-order valence-electron chi connectivity index (χ4n) is 3.00. The Bertz CT molecular complexity index is 628. The van der Waals surface area contributed by atoms with Crippen LogP contribution in [0.3, 0.4) is 0 Å². The number of aryl methyl sites for hydroxylation is 1. The molecule has 1 aliphatic heterocycles. The molecule has 1 fully saturated rings. The molecule has 4 nitrogen and oxygen atoms in total. The van der Waals surface area contributed by atoms with Crippen molar-refractivity contribution in [2.75, 3.05) is 26.7 Å². The van der Waals surface area contributed by atoms with Crippen LogP contribution in [0.1, 0.15) is 23.0 Å². The van der Waals surface area contributed by atoms with E-state index in [-0.39, 0.29) is 12.1 Å². The van der Waals surface area contributed by atoms with Gasteiger partial charge in [-0.1, -0.05) is 18.2 Å². The third-order valence-corrected chi connectivity index (χ3v) is 5.19. The summed E-state index contributed by atoms with van der Waals surface area (Å²) in [4.78, 5) is 7.89. The lowest BCUT2D eigenvalue weighted by molar-refractivity contribution is 0.173. The van der Waals surface area contributed by atoms with Crippen molar-refractivity contribution in [3.8, 4) is 10.4 Å². The smallest absolute Gasteiger partial charge is 0.0900 e. The highest BCUT2D eigenvalue weighted by Gasteiger charge is 2.23. The van der Waals surface area contributed by atoms with E-state index < -0.39 is 0 Å². The lowest BCUT2D eigenvalue weighted by Gasteiger charge is -2.24. The molecule has 3 rings (SSSR count). The average molecular weight is 317 g/mol. The van der Waals surface area contributed by atoms with E-state index >= 15 is 0 Å². The van der Waals surface area contributed by atoms with Gasteiger partial charge in [-0.15, -0.1) is 11.3 Å². The van der Waals surface area contributed by atoms with Crippen LogP contribution in [0.15, 0.2) is 30.5 Å². The maximum atomic E-state index is 9.68. The first-order valence-electron chi connectivity index (χ1n) is 7.76. The molecule has 1 aromatic heterocycles. The van der Waals surface area contributed by atoms with Crippen LogP contribution in [-0.4, -0.2) is 47.8 Å². The number of aliphatic hydroxyl groups is 1. The number of aromatic nitrogens is 1. The van der Waals surface area contributed by atoms with Gasteiger partial charge in [0.2, 0.25) is 0 Å². The van der Waals surface area contributed by atoms with Crippen LogP contribution in [0, 0.1) is 6.92 Å². The highest BCUT2D eigenvalue weighted by molar-refractivity contribution is 7.15. The number of hydrogen-bond acceptors (Lipinski definition) is 5. The number of benzene rings is 1. The molecule has 22 heavy (non-hydrogen) atoms. The van der Waals surface area contributed by atoms with Gasteiger partial charge in [-0.2, -0.15) is 0 Å². The van der Waals surface area contributed by atoms with Crippen molar-refractivity contribution in [1.82, 2.24) is 15.2 Å². The average Bonchev–Trinajstić information content (AvgIpc) is 3.13. The highest BCUT2D eigenvalue weighted by atomic mass is 32.1. The van der Waals surface area contributed by atoms with Crippen LogP contribution < -0.4 is 5.32 Å². The molecule has 1 saturated heterocycles. The molecule has 0 amide bonds. The van der Waals surface area contributed by atoms with E-state index in [2.05, 4.69) is 39.5 Å². The van der Waals surface area contributed by atoms with Crippen molar-refractivity contribution in [3.63, 3.8) is 0 Å². The molecule has 2 atom stereocenters. The standard InChI is InChI=1S/C17H23N3OS/c1-12-19-9-17(22-12)14-5-3-4-13(8-14)16(18-2)11-20-7-6-15(21)10-20/h3-5,8-9,15-16,18,21H,6-7,10-11H2,1-2H3/t15-,16+/m0/s1. The number of nitrogens with one attached hydrogen (secondary N) is 1. The maximum Gasteiger partial charge on any atom is 0.0900 e. The number of aliphatic hydroxyl groups excluding tert-OH is 1. The van der Waals surface area contributed by atoms with Crippen molar-refractivity contribution in [2.45, 2.75) is 25.5 Å². The Kier molecular flexibility index (Phi) is 4.88. The van der Waals surface area contributed by atoms with Gasteiger partial charge >= 0.3 is 0 Å². The monoisotopic (exact) mass is 317 g/mol. The molecular formula is C17H23N3OS. The maximum absolute atomic E-state index is 9.68. The molecule has 2 N–H and O–H groups in total. The Morgan fingerprint density at radius 3 is 3.00 bits per heavy atom. The van der Waals surface area contributed by atoms with Crippen molar-refractivity contribution < 1.29 is 5.11 Å². The summed E-state index contributed by atoms with van der Waals surface area (Å²) in [5.41, 5.74) is 2.51. The second kappa shape index (κ2) is 6.87. The molecule has 0 bridgehead atoms. The normalized spacial score (nSPS) is 20.4. The fourth-order valence-corrected chi connectivity index (χ4v) is 3.78. The van der Waals surface area contributed by atoms with Gasteiger partial charge in [0, 0.05) is 31.9 Å².